The van der Waals surface area contributed by atoms with Gasteiger partial charge in [0.15, 0.2) is 12.3 Å². The van der Waals surface area contributed by atoms with E-state index in [0.717, 1.165) is 4.90 Å². The molecule has 7 nitrogen and oxygen atoms in total. The lowest BCUT2D eigenvalue weighted by Crippen LogP contribution is -3.08. The first-order valence-corrected chi connectivity index (χ1v) is 7.99. The second-order valence-corrected chi connectivity index (χ2v) is 6.05. The van der Waals surface area contributed by atoms with Crippen LogP contribution in [0, 0.1) is 22.9 Å². The average Bonchev–Trinajstić information content (AvgIpc) is 2.58. The molecule has 0 spiro atoms. The Morgan fingerprint density at radius 1 is 1.35 bits per heavy atom. The molecular formula is C18H21FN3O4+. The number of aryl methyl sites for hydroxylation is 1. The van der Waals surface area contributed by atoms with E-state index in [2.05, 4.69) is 5.32 Å². The molecule has 2 aromatic rings. The lowest BCUT2D eigenvalue weighted by Gasteiger charge is -2.15. The quantitative estimate of drug-likeness (QED) is 0.580. The number of methoxy groups -OCH3 is 1. The van der Waals surface area contributed by atoms with Gasteiger partial charge in [-0.05, 0) is 18.6 Å². The van der Waals surface area contributed by atoms with Gasteiger partial charge in [-0.1, -0.05) is 18.2 Å². The molecule has 0 aliphatic heterocycles. The van der Waals surface area contributed by atoms with Crippen molar-refractivity contribution in [2.75, 3.05) is 26.0 Å². The molecular weight excluding hydrogens is 341 g/mol. The molecule has 0 fully saturated rings. The molecule has 8 heteroatoms. The van der Waals surface area contributed by atoms with Crippen LogP contribution in [0.4, 0.5) is 15.8 Å². The Kier molecular flexibility index (Phi) is 6.24. The van der Waals surface area contributed by atoms with Crippen molar-refractivity contribution in [3.05, 3.63) is 63.5 Å². The Bertz CT molecular complexity index is 826. The van der Waals surface area contributed by atoms with Crippen molar-refractivity contribution in [3.63, 3.8) is 0 Å². The lowest BCUT2D eigenvalue weighted by atomic mass is 10.1. The number of nitro groups is 1. The van der Waals surface area contributed by atoms with Gasteiger partial charge in [0.05, 0.1) is 19.1 Å². The number of halogens is 1. The van der Waals surface area contributed by atoms with Gasteiger partial charge in [-0.3, -0.25) is 14.9 Å². The van der Waals surface area contributed by atoms with Crippen LogP contribution in [0.2, 0.25) is 0 Å². The number of nitrogens with zero attached hydrogens (tertiary/aromatic N) is 1. The lowest BCUT2D eigenvalue weighted by molar-refractivity contribution is -0.885. The predicted molar refractivity (Wildman–Crippen MR) is 94.9 cm³/mol. The van der Waals surface area contributed by atoms with E-state index >= 15 is 0 Å². The minimum Gasteiger partial charge on any atom is -0.490 e. The number of carbonyl (C=O) groups excluding carboxylic acids is 1. The van der Waals surface area contributed by atoms with Crippen molar-refractivity contribution >= 4 is 17.3 Å². The van der Waals surface area contributed by atoms with E-state index in [9.17, 15) is 19.3 Å². The normalized spacial score (nSPS) is 11.7. The van der Waals surface area contributed by atoms with E-state index < -0.39 is 4.92 Å². The molecule has 0 bridgehead atoms. The van der Waals surface area contributed by atoms with Crippen LogP contribution in [-0.2, 0) is 11.3 Å². The summed E-state index contributed by atoms with van der Waals surface area (Å²) in [6.07, 6.45) is 0. The number of hydrogen-bond donors (Lipinski definition) is 2. The number of quaternary nitrogens is 1. The fourth-order valence-electron chi connectivity index (χ4n) is 2.61. The van der Waals surface area contributed by atoms with Gasteiger partial charge in [-0.25, -0.2) is 4.39 Å². The fraction of sp³-hybridized carbons (Fsp3) is 0.278. The molecule has 2 aromatic carbocycles. The summed E-state index contributed by atoms with van der Waals surface area (Å²) in [5.41, 5.74) is 1.37. The van der Waals surface area contributed by atoms with Crippen molar-refractivity contribution in [1.29, 1.82) is 0 Å². The smallest absolute Gasteiger partial charge is 0.311 e. The number of likely N-dealkylation sites (N-methyl/N-ethyl adjacent to an activating group) is 1. The molecule has 0 aromatic heterocycles. The Morgan fingerprint density at radius 3 is 2.65 bits per heavy atom. The van der Waals surface area contributed by atoms with Crippen LogP contribution in [0.1, 0.15) is 11.1 Å². The van der Waals surface area contributed by atoms with Crippen molar-refractivity contribution in [1.82, 2.24) is 0 Å². The molecule has 1 amide bonds. The third kappa shape index (κ3) is 4.76. The molecule has 0 saturated carbocycles. The highest BCUT2D eigenvalue weighted by Crippen LogP contribution is 2.32. The van der Waals surface area contributed by atoms with E-state index in [0.29, 0.717) is 23.4 Å². The average molecular weight is 362 g/mol. The topological polar surface area (TPSA) is 85.9 Å². The van der Waals surface area contributed by atoms with Gasteiger partial charge < -0.3 is 15.0 Å². The number of ether oxygens (including phenoxy) is 1. The van der Waals surface area contributed by atoms with E-state index in [1.165, 1.54) is 25.3 Å². The monoisotopic (exact) mass is 362 g/mol. The molecule has 26 heavy (non-hydrogen) atoms. The molecule has 0 saturated heterocycles. The first-order chi connectivity index (χ1) is 12.3. The van der Waals surface area contributed by atoms with Crippen LogP contribution in [-0.4, -0.2) is 31.5 Å². The Balaban J connectivity index is 2.05. The van der Waals surface area contributed by atoms with Crippen LogP contribution in [0.5, 0.6) is 5.75 Å². The number of benzene rings is 2. The number of anilines is 1. The zero-order valence-electron chi connectivity index (χ0n) is 14.8. The van der Waals surface area contributed by atoms with Gasteiger partial charge in [0.2, 0.25) is 0 Å². The largest absolute Gasteiger partial charge is 0.490 e. The van der Waals surface area contributed by atoms with E-state index in [4.69, 9.17) is 4.74 Å². The summed E-state index contributed by atoms with van der Waals surface area (Å²) < 4.78 is 18.7. The minimum atomic E-state index is -0.538. The second-order valence-electron chi connectivity index (χ2n) is 6.05. The molecule has 0 heterocycles. The van der Waals surface area contributed by atoms with Crippen LogP contribution in [0.3, 0.4) is 0 Å². The fourth-order valence-corrected chi connectivity index (χ4v) is 2.61. The van der Waals surface area contributed by atoms with Gasteiger partial charge in [0.25, 0.3) is 5.91 Å². The highest BCUT2D eigenvalue weighted by Gasteiger charge is 2.19. The van der Waals surface area contributed by atoms with Gasteiger partial charge in [-0.15, -0.1) is 0 Å². The summed E-state index contributed by atoms with van der Waals surface area (Å²) in [7, 11) is 3.12. The summed E-state index contributed by atoms with van der Waals surface area (Å²) in [5.74, 6) is -0.510. The predicted octanol–water partition coefficient (Wildman–Crippen LogP) is 1.70. The molecule has 2 rings (SSSR count). The number of carbonyl (C=O) groups is 1. The Labute approximate surface area is 150 Å². The second kappa shape index (κ2) is 8.39. The standard InChI is InChI=1S/C18H20FN3O4/c1-12-8-16(22(24)25)17(26-3)9-15(12)20-18(23)11-21(2)10-13-6-4-5-7-14(13)19/h4-9H,10-11H2,1-3H3,(H,20,23)/p+1. The SMILES string of the molecule is COc1cc(NC(=O)C[NH+](C)Cc2ccccc2F)c(C)cc1[N+](=O)[O-]. The molecule has 2 N–H and O–H groups in total. The molecule has 0 radical (unpaired) electrons. The first-order valence-electron chi connectivity index (χ1n) is 7.99. The van der Waals surface area contributed by atoms with Crippen molar-refractivity contribution in [2.45, 2.75) is 13.5 Å². The van der Waals surface area contributed by atoms with Crippen LogP contribution in [0.15, 0.2) is 36.4 Å². The summed E-state index contributed by atoms with van der Waals surface area (Å²) >= 11 is 0. The van der Waals surface area contributed by atoms with E-state index in [-0.39, 0.29) is 29.7 Å². The van der Waals surface area contributed by atoms with Gasteiger partial charge >= 0.3 is 5.69 Å². The summed E-state index contributed by atoms with van der Waals surface area (Å²) in [4.78, 5) is 23.6. The zero-order chi connectivity index (χ0) is 19.3. The third-order valence-corrected chi connectivity index (χ3v) is 3.91. The van der Waals surface area contributed by atoms with Gasteiger partial charge in [-0.2, -0.15) is 0 Å². The van der Waals surface area contributed by atoms with Crippen LogP contribution >= 0.6 is 0 Å². The molecule has 0 aliphatic rings. The molecule has 0 aliphatic carbocycles. The zero-order valence-corrected chi connectivity index (χ0v) is 14.8. The number of nitro benzene ring substituents is 1. The molecule has 1 unspecified atom stereocenters. The maximum absolute atomic E-state index is 13.7. The highest BCUT2D eigenvalue weighted by atomic mass is 19.1. The molecule has 1 atom stereocenters. The Hall–Kier alpha value is -3.00. The number of nitrogens with one attached hydrogen (secondary N) is 2. The van der Waals surface area contributed by atoms with E-state index in [1.54, 1.807) is 32.2 Å². The van der Waals surface area contributed by atoms with Crippen molar-refractivity contribution < 1.29 is 23.7 Å². The van der Waals surface area contributed by atoms with Crippen molar-refractivity contribution in [3.8, 4) is 5.75 Å². The van der Waals surface area contributed by atoms with Crippen LogP contribution < -0.4 is 15.0 Å². The van der Waals surface area contributed by atoms with E-state index in [1.807, 2.05) is 0 Å². The summed E-state index contributed by atoms with van der Waals surface area (Å²) in [6.45, 7) is 2.15. The number of hydrogen-bond acceptors (Lipinski definition) is 4. The number of amides is 1. The maximum Gasteiger partial charge on any atom is 0.311 e. The highest BCUT2D eigenvalue weighted by molar-refractivity contribution is 5.92. The summed E-state index contributed by atoms with van der Waals surface area (Å²) in [6, 6.07) is 9.21. The van der Waals surface area contributed by atoms with Crippen molar-refractivity contribution in [2.24, 2.45) is 0 Å². The Morgan fingerprint density at radius 2 is 2.04 bits per heavy atom. The van der Waals surface area contributed by atoms with Gasteiger partial charge in [0.1, 0.15) is 12.4 Å². The molecule has 138 valence electrons. The minimum absolute atomic E-state index is 0.0722. The maximum atomic E-state index is 13.7. The van der Waals surface area contributed by atoms with Crippen LogP contribution in [0.25, 0.3) is 0 Å². The third-order valence-electron chi connectivity index (χ3n) is 3.91. The van der Waals surface area contributed by atoms with Gasteiger partial charge in [0, 0.05) is 23.4 Å². The number of rotatable bonds is 7. The first kappa shape index (κ1) is 19.3. The summed E-state index contributed by atoms with van der Waals surface area (Å²) in [5, 5.41) is 13.7.